The molecule has 2 rings (SSSR count). The minimum atomic E-state index is -0.945. The van der Waals surface area contributed by atoms with E-state index < -0.39 is 5.97 Å². The minimum Gasteiger partial charge on any atom is -0.486 e. The Morgan fingerprint density at radius 1 is 1.53 bits per heavy atom. The maximum Gasteiger partial charge on any atom is 0.335 e. The molecule has 1 N–H and O–H groups in total. The number of aromatic carboxylic acids is 1. The van der Waals surface area contributed by atoms with E-state index in [9.17, 15) is 4.79 Å². The van der Waals surface area contributed by atoms with Crippen molar-refractivity contribution in [2.24, 2.45) is 7.05 Å². The minimum absolute atomic E-state index is 0.271. The van der Waals surface area contributed by atoms with Gasteiger partial charge in [-0.1, -0.05) is 11.6 Å². The van der Waals surface area contributed by atoms with E-state index in [0.29, 0.717) is 22.3 Å². The normalized spacial score (nSPS) is 10.5. The lowest BCUT2D eigenvalue weighted by Crippen LogP contribution is -2.05. The van der Waals surface area contributed by atoms with Crippen LogP contribution < -0.4 is 4.74 Å². The predicted molar refractivity (Wildman–Crippen MR) is 70.7 cm³/mol. The lowest BCUT2D eigenvalue weighted by Gasteiger charge is -2.08. The number of imidazole rings is 1. The van der Waals surface area contributed by atoms with Gasteiger partial charge in [0.05, 0.1) is 11.8 Å². The zero-order chi connectivity index (χ0) is 14.0. The summed E-state index contributed by atoms with van der Waals surface area (Å²) in [6.45, 7) is 2.00. The fourth-order valence-corrected chi connectivity index (χ4v) is 1.82. The van der Waals surface area contributed by atoms with Gasteiger partial charge in [0.1, 0.15) is 23.3 Å². The number of rotatable bonds is 4. The highest BCUT2D eigenvalue weighted by Crippen LogP contribution is 2.19. The molecule has 0 radical (unpaired) electrons. The number of ether oxygens (including phenoxy) is 1. The number of benzene rings is 1. The number of halogens is 1. The van der Waals surface area contributed by atoms with Gasteiger partial charge in [0, 0.05) is 7.05 Å². The molecule has 5 nitrogen and oxygen atoms in total. The first-order chi connectivity index (χ1) is 8.99. The summed E-state index contributed by atoms with van der Waals surface area (Å²) in [5.74, 6) is 0.353. The van der Waals surface area contributed by atoms with Crippen LogP contribution in [0.15, 0.2) is 24.4 Å². The van der Waals surface area contributed by atoms with Crippen molar-refractivity contribution in [3.05, 3.63) is 46.5 Å². The van der Waals surface area contributed by atoms with Crippen molar-refractivity contribution in [2.75, 3.05) is 0 Å². The number of aromatic nitrogens is 2. The summed E-state index contributed by atoms with van der Waals surface area (Å²) in [5.41, 5.74) is 0.926. The van der Waals surface area contributed by atoms with Gasteiger partial charge in [0.2, 0.25) is 0 Å². The molecule has 1 aromatic heterocycles. The lowest BCUT2D eigenvalue weighted by molar-refractivity contribution is 0.0696. The summed E-state index contributed by atoms with van der Waals surface area (Å²) < 4.78 is 7.29. The van der Waals surface area contributed by atoms with Gasteiger partial charge in [0.25, 0.3) is 0 Å². The molecule has 0 amide bonds. The molecule has 1 aromatic carbocycles. The fraction of sp³-hybridized carbons (Fsp3) is 0.231. The summed E-state index contributed by atoms with van der Waals surface area (Å²) in [7, 11) is 1.80. The van der Waals surface area contributed by atoms with Crippen molar-refractivity contribution in [2.45, 2.75) is 13.5 Å². The van der Waals surface area contributed by atoms with E-state index in [-0.39, 0.29) is 12.2 Å². The van der Waals surface area contributed by atoms with Crippen LogP contribution in [0.1, 0.15) is 21.7 Å². The Hall–Kier alpha value is -2.01. The fourth-order valence-electron chi connectivity index (χ4n) is 1.67. The first kappa shape index (κ1) is 13.4. The zero-order valence-corrected chi connectivity index (χ0v) is 11.3. The maximum absolute atomic E-state index is 10.9. The molecule has 0 aliphatic rings. The van der Waals surface area contributed by atoms with E-state index in [2.05, 4.69) is 4.98 Å². The number of nitrogens with zero attached hydrogens (tertiary/aromatic N) is 2. The molecule has 0 saturated heterocycles. The molecule has 100 valence electrons. The van der Waals surface area contributed by atoms with Crippen LogP contribution in [0.25, 0.3) is 0 Å². The van der Waals surface area contributed by atoms with Crippen LogP contribution >= 0.6 is 11.6 Å². The molecule has 1 heterocycles. The van der Waals surface area contributed by atoms with Crippen molar-refractivity contribution >= 4 is 17.6 Å². The van der Waals surface area contributed by atoms with E-state index in [4.69, 9.17) is 21.4 Å². The quantitative estimate of drug-likeness (QED) is 0.935. The topological polar surface area (TPSA) is 64.4 Å². The third-order valence-corrected chi connectivity index (χ3v) is 3.18. The third-order valence-electron chi connectivity index (χ3n) is 2.82. The second-order valence-electron chi connectivity index (χ2n) is 4.13. The summed E-state index contributed by atoms with van der Waals surface area (Å²) in [4.78, 5) is 15.0. The van der Waals surface area contributed by atoms with Gasteiger partial charge >= 0.3 is 5.97 Å². The molecule has 6 heteroatoms. The molecule has 0 saturated carbocycles. The summed E-state index contributed by atoms with van der Waals surface area (Å²) in [6, 6.07) is 4.84. The highest BCUT2D eigenvalue weighted by molar-refractivity contribution is 6.29. The second kappa shape index (κ2) is 5.32. The van der Waals surface area contributed by atoms with Gasteiger partial charge in [-0.15, -0.1) is 0 Å². The van der Waals surface area contributed by atoms with E-state index in [1.807, 2.05) is 0 Å². The van der Waals surface area contributed by atoms with Crippen molar-refractivity contribution in [1.29, 1.82) is 0 Å². The monoisotopic (exact) mass is 280 g/mol. The van der Waals surface area contributed by atoms with Gasteiger partial charge in [-0.05, 0) is 30.7 Å². The van der Waals surface area contributed by atoms with Crippen LogP contribution in [0.4, 0.5) is 0 Å². The number of carboxylic acid groups (broad SMARTS) is 1. The Morgan fingerprint density at radius 2 is 2.26 bits per heavy atom. The molecule has 19 heavy (non-hydrogen) atoms. The Bertz CT molecular complexity index is 622. The standard InChI is InChI=1S/C13H13ClN2O3/c1-8-5-9(3-4-10(8)13(17)18)19-7-12-15-6-11(14)16(12)2/h3-6H,7H2,1-2H3,(H,17,18). The Kier molecular flexibility index (Phi) is 3.76. The molecule has 0 aliphatic heterocycles. The molecule has 0 fully saturated rings. The van der Waals surface area contributed by atoms with Crippen LogP contribution in [0.5, 0.6) is 5.75 Å². The first-order valence-corrected chi connectivity index (χ1v) is 5.99. The van der Waals surface area contributed by atoms with E-state index >= 15 is 0 Å². The number of carbonyl (C=O) groups is 1. The summed E-state index contributed by atoms with van der Waals surface area (Å²) in [5, 5.41) is 9.47. The van der Waals surface area contributed by atoms with Crippen LogP contribution in [-0.2, 0) is 13.7 Å². The van der Waals surface area contributed by atoms with Crippen LogP contribution in [0.2, 0.25) is 5.15 Å². The lowest BCUT2D eigenvalue weighted by atomic mass is 10.1. The molecule has 0 aliphatic carbocycles. The average Bonchev–Trinajstić information content (AvgIpc) is 2.67. The van der Waals surface area contributed by atoms with Gasteiger partial charge in [0.15, 0.2) is 0 Å². The SMILES string of the molecule is Cc1cc(OCc2ncc(Cl)n2C)ccc1C(=O)O. The summed E-state index contributed by atoms with van der Waals surface area (Å²) >= 11 is 5.87. The smallest absolute Gasteiger partial charge is 0.335 e. The Balaban J connectivity index is 2.10. The van der Waals surface area contributed by atoms with Crippen molar-refractivity contribution in [1.82, 2.24) is 9.55 Å². The number of hydrogen-bond donors (Lipinski definition) is 1. The maximum atomic E-state index is 10.9. The van der Waals surface area contributed by atoms with Crippen molar-refractivity contribution in [3.63, 3.8) is 0 Å². The molecular weight excluding hydrogens is 268 g/mol. The highest BCUT2D eigenvalue weighted by Gasteiger charge is 2.09. The second-order valence-corrected chi connectivity index (χ2v) is 4.51. The molecule has 2 aromatic rings. The van der Waals surface area contributed by atoms with E-state index in [1.54, 1.807) is 36.9 Å². The molecule has 0 unspecified atom stereocenters. The number of hydrogen-bond acceptors (Lipinski definition) is 3. The van der Waals surface area contributed by atoms with Crippen molar-refractivity contribution in [3.8, 4) is 5.75 Å². The first-order valence-electron chi connectivity index (χ1n) is 5.62. The molecule has 0 bridgehead atoms. The van der Waals surface area contributed by atoms with Crippen LogP contribution in [0, 0.1) is 6.92 Å². The molecular formula is C13H13ClN2O3. The van der Waals surface area contributed by atoms with Gasteiger partial charge < -0.3 is 14.4 Å². The van der Waals surface area contributed by atoms with E-state index in [1.165, 1.54) is 6.07 Å². The average molecular weight is 281 g/mol. The summed E-state index contributed by atoms with van der Waals surface area (Å²) in [6.07, 6.45) is 1.55. The molecule has 0 spiro atoms. The van der Waals surface area contributed by atoms with E-state index in [0.717, 1.165) is 0 Å². The van der Waals surface area contributed by atoms with Gasteiger partial charge in [-0.2, -0.15) is 0 Å². The molecule has 0 atom stereocenters. The highest BCUT2D eigenvalue weighted by atomic mass is 35.5. The number of carboxylic acids is 1. The van der Waals surface area contributed by atoms with Crippen molar-refractivity contribution < 1.29 is 14.6 Å². The van der Waals surface area contributed by atoms with Crippen LogP contribution in [0.3, 0.4) is 0 Å². The predicted octanol–water partition coefficient (Wildman–Crippen LogP) is 2.66. The largest absolute Gasteiger partial charge is 0.486 e. The Morgan fingerprint density at radius 3 is 2.79 bits per heavy atom. The van der Waals surface area contributed by atoms with Gasteiger partial charge in [-0.3, -0.25) is 0 Å². The third kappa shape index (κ3) is 2.88. The van der Waals surface area contributed by atoms with Gasteiger partial charge in [-0.25, -0.2) is 9.78 Å². The Labute approximate surface area is 115 Å². The van der Waals surface area contributed by atoms with Crippen LogP contribution in [-0.4, -0.2) is 20.6 Å². The zero-order valence-electron chi connectivity index (χ0n) is 10.6. The number of aryl methyl sites for hydroxylation is 1.